The first-order valence-corrected chi connectivity index (χ1v) is 14.7. The van der Waals surface area contributed by atoms with Gasteiger partial charge in [-0.25, -0.2) is 14.4 Å². The second-order valence-corrected chi connectivity index (χ2v) is 11.2. The van der Waals surface area contributed by atoms with Gasteiger partial charge in [0.2, 0.25) is 0 Å². The Bertz CT molecular complexity index is 1360. The quantitative estimate of drug-likeness (QED) is 0.0868. The molecule has 5 unspecified atom stereocenters. The first kappa shape index (κ1) is 30.8. The number of esters is 1. The molecule has 1 aromatic heterocycles. The molecule has 16 heteroatoms. The summed E-state index contributed by atoms with van der Waals surface area (Å²) in [5, 5.41) is 6.82. The molecule has 5 atom stereocenters. The topological polar surface area (TPSA) is 176 Å². The molecule has 39 heavy (non-hydrogen) atoms. The van der Waals surface area contributed by atoms with Crippen LogP contribution in [0.4, 0.5) is 0 Å². The fourth-order valence-electron chi connectivity index (χ4n) is 3.88. The van der Waals surface area contributed by atoms with Crippen LogP contribution in [0, 0.1) is 6.92 Å². The lowest BCUT2D eigenvalue weighted by Crippen LogP contribution is -2.42. The molecule has 0 saturated carbocycles. The normalized spacial score (nSPS) is 21.1. The maximum atomic E-state index is 13.8. The van der Waals surface area contributed by atoms with Gasteiger partial charge in [-0.1, -0.05) is 51.4 Å². The van der Waals surface area contributed by atoms with Crippen LogP contribution in [0.5, 0.6) is 0 Å². The summed E-state index contributed by atoms with van der Waals surface area (Å²) >= 11 is 3.29. The molecule has 0 spiro atoms. The molecule has 0 radical (unpaired) electrons. The number of halogens is 1. The van der Waals surface area contributed by atoms with Crippen molar-refractivity contribution in [2.75, 3.05) is 12.4 Å². The summed E-state index contributed by atoms with van der Waals surface area (Å²) in [6.07, 6.45) is -0.536. The number of aromatic nitrogens is 2. The lowest BCUT2D eigenvalue weighted by atomic mass is 10.2. The Hall–Kier alpha value is -2.77. The maximum absolute atomic E-state index is 13.8. The molecule has 14 nitrogen and oxygen atoms in total. The minimum absolute atomic E-state index is 0.0179. The van der Waals surface area contributed by atoms with Crippen molar-refractivity contribution < 1.29 is 27.9 Å². The highest BCUT2D eigenvalue weighted by molar-refractivity contribution is 9.09. The number of hydrogen-bond acceptors (Lipinski definition) is 9. The zero-order chi connectivity index (χ0) is 28.6. The molecular formula is C23H30BrN6O8P. The highest BCUT2D eigenvalue weighted by Crippen LogP contribution is 2.49. The fraction of sp³-hybridized carbons (Fsp3) is 0.522. The zero-order valence-electron chi connectivity index (χ0n) is 21.6. The van der Waals surface area contributed by atoms with Gasteiger partial charge in [-0.2, -0.15) is 0 Å². The zero-order valence-corrected chi connectivity index (χ0v) is 24.1. The fourth-order valence-corrected chi connectivity index (χ4v) is 5.69. The van der Waals surface area contributed by atoms with Crippen molar-refractivity contribution in [3.8, 4) is 0 Å². The predicted molar refractivity (Wildman–Crippen MR) is 144 cm³/mol. The Labute approximate surface area is 232 Å². The van der Waals surface area contributed by atoms with Gasteiger partial charge in [-0.3, -0.25) is 27.8 Å². The van der Waals surface area contributed by atoms with Crippen LogP contribution in [0.15, 0.2) is 51.2 Å². The number of methoxy groups -OCH3 is 1. The van der Waals surface area contributed by atoms with E-state index in [1.807, 2.05) is 0 Å². The number of rotatable bonds is 13. The van der Waals surface area contributed by atoms with Gasteiger partial charge in [0.1, 0.15) is 12.3 Å². The van der Waals surface area contributed by atoms with Gasteiger partial charge in [0, 0.05) is 35.0 Å². The summed E-state index contributed by atoms with van der Waals surface area (Å²) in [5.41, 5.74) is 9.08. The first-order valence-electron chi connectivity index (χ1n) is 12.0. The maximum Gasteiger partial charge on any atom is 0.408 e. The summed E-state index contributed by atoms with van der Waals surface area (Å²) in [4.78, 5) is 40.6. The van der Waals surface area contributed by atoms with E-state index in [-0.39, 0.29) is 19.6 Å². The van der Waals surface area contributed by atoms with Crippen molar-refractivity contribution in [2.45, 2.75) is 64.4 Å². The van der Waals surface area contributed by atoms with E-state index in [2.05, 4.69) is 31.0 Å². The van der Waals surface area contributed by atoms with E-state index in [4.69, 9.17) is 24.1 Å². The van der Waals surface area contributed by atoms with Crippen molar-refractivity contribution in [1.29, 1.82) is 0 Å². The summed E-state index contributed by atoms with van der Waals surface area (Å²) in [5.74, 6) is -0.716. The summed E-state index contributed by atoms with van der Waals surface area (Å²) in [6.45, 7) is 3.03. The number of aryl methyl sites for hydroxylation is 1. The van der Waals surface area contributed by atoms with Crippen molar-refractivity contribution in [3.05, 3.63) is 78.9 Å². The molecular weight excluding hydrogens is 599 g/mol. The summed E-state index contributed by atoms with van der Waals surface area (Å²) in [6, 6.07) is 6.74. The minimum atomic E-state index is -4.30. The molecule has 212 valence electrons. The van der Waals surface area contributed by atoms with Crippen LogP contribution >= 0.6 is 23.7 Å². The SMILES string of the molecule is COC(=O)C(C)NP(=O)(OCc1ccccc1)OC1OC(n2cc(C)c(=O)n(CCCBr)c2=O)CC1N=[N+]=[N-]. The number of carbonyl (C=O) groups excluding carboxylic acids is 1. The number of azide groups is 1. The molecule has 1 fully saturated rings. The van der Waals surface area contributed by atoms with Crippen LogP contribution < -0.4 is 16.3 Å². The van der Waals surface area contributed by atoms with E-state index in [9.17, 15) is 18.9 Å². The number of nitrogens with one attached hydrogen (secondary N) is 1. The molecule has 1 aliphatic heterocycles. The standard InChI is InChI=1S/C23H30BrN6O8P/c1-15-13-30(23(33)29(20(15)31)11-7-10-24)19-12-18(26-28-25)22(37-19)38-39(34,27-16(2)21(32)35-3)36-14-17-8-5-4-6-9-17/h4-6,8-9,13,16,18-19,22H,7,10-12,14H2,1-3H3,(H,27,34). The van der Waals surface area contributed by atoms with Gasteiger partial charge in [0.15, 0.2) is 6.29 Å². The predicted octanol–water partition coefficient (Wildman–Crippen LogP) is 3.52. The molecule has 2 heterocycles. The number of ether oxygens (including phenoxy) is 2. The Morgan fingerprint density at radius 2 is 2.08 bits per heavy atom. The van der Waals surface area contributed by atoms with E-state index in [0.717, 1.165) is 4.57 Å². The first-order chi connectivity index (χ1) is 18.6. The molecule has 1 aromatic carbocycles. The van der Waals surface area contributed by atoms with Crippen molar-refractivity contribution in [1.82, 2.24) is 14.2 Å². The van der Waals surface area contributed by atoms with Crippen LogP contribution in [0.2, 0.25) is 0 Å². The largest absolute Gasteiger partial charge is 0.468 e. The Morgan fingerprint density at radius 1 is 1.36 bits per heavy atom. The number of nitrogens with zero attached hydrogens (tertiary/aromatic N) is 5. The van der Waals surface area contributed by atoms with Crippen LogP contribution in [0.25, 0.3) is 10.4 Å². The summed E-state index contributed by atoms with van der Waals surface area (Å²) < 4.78 is 38.1. The average Bonchev–Trinajstić information content (AvgIpc) is 3.31. The Kier molecular flexibility index (Phi) is 11.1. The highest BCUT2D eigenvalue weighted by Gasteiger charge is 2.43. The van der Waals surface area contributed by atoms with Gasteiger partial charge >= 0.3 is 19.4 Å². The lowest BCUT2D eigenvalue weighted by Gasteiger charge is -2.26. The molecule has 2 aromatic rings. The molecule has 3 rings (SSSR count). The van der Waals surface area contributed by atoms with Gasteiger partial charge in [-0.15, -0.1) is 0 Å². The molecule has 1 N–H and O–H groups in total. The van der Waals surface area contributed by atoms with Gasteiger partial charge in [0.05, 0.1) is 19.8 Å². The second-order valence-electron chi connectivity index (χ2n) is 8.70. The van der Waals surface area contributed by atoms with Gasteiger partial charge in [-0.05, 0) is 31.4 Å². The molecule has 0 amide bonds. The second kappa shape index (κ2) is 14.0. The van der Waals surface area contributed by atoms with Crippen LogP contribution in [-0.4, -0.2) is 45.9 Å². The van der Waals surface area contributed by atoms with Crippen molar-refractivity contribution in [3.63, 3.8) is 0 Å². The van der Waals surface area contributed by atoms with E-state index in [1.54, 1.807) is 37.3 Å². The number of benzene rings is 1. The van der Waals surface area contributed by atoms with Crippen LogP contribution in [0.3, 0.4) is 0 Å². The van der Waals surface area contributed by atoms with E-state index in [0.29, 0.717) is 22.9 Å². The minimum Gasteiger partial charge on any atom is -0.468 e. The Balaban J connectivity index is 1.91. The van der Waals surface area contributed by atoms with Crippen molar-refractivity contribution >= 4 is 29.6 Å². The monoisotopic (exact) mass is 628 g/mol. The van der Waals surface area contributed by atoms with Gasteiger partial charge < -0.3 is 9.47 Å². The average molecular weight is 629 g/mol. The van der Waals surface area contributed by atoms with E-state index >= 15 is 0 Å². The third-order valence-corrected chi connectivity index (χ3v) is 8.05. The third-order valence-electron chi connectivity index (χ3n) is 5.83. The molecule has 1 aliphatic rings. The number of alkyl halides is 1. The number of carbonyl (C=O) groups is 1. The summed E-state index contributed by atoms with van der Waals surface area (Å²) in [7, 11) is -3.12. The van der Waals surface area contributed by atoms with E-state index < -0.39 is 49.6 Å². The number of hydrogen-bond donors (Lipinski definition) is 1. The molecule has 0 aliphatic carbocycles. The van der Waals surface area contributed by atoms with Crippen LogP contribution in [0.1, 0.15) is 37.1 Å². The van der Waals surface area contributed by atoms with E-state index in [1.165, 1.54) is 24.8 Å². The Morgan fingerprint density at radius 3 is 2.72 bits per heavy atom. The lowest BCUT2D eigenvalue weighted by molar-refractivity contribution is -0.142. The van der Waals surface area contributed by atoms with Crippen LogP contribution in [-0.2, 0) is 41.0 Å². The highest BCUT2D eigenvalue weighted by atomic mass is 79.9. The third kappa shape index (κ3) is 7.89. The van der Waals surface area contributed by atoms with Gasteiger partial charge in [0.25, 0.3) is 5.56 Å². The smallest absolute Gasteiger partial charge is 0.408 e. The van der Waals surface area contributed by atoms with Crippen molar-refractivity contribution in [2.24, 2.45) is 5.11 Å². The molecule has 1 saturated heterocycles. The molecule has 0 bridgehead atoms.